The van der Waals surface area contributed by atoms with E-state index in [0.29, 0.717) is 28.0 Å². The summed E-state index contributed by atoms with van der Waals surface area (Å²) < 4.78 is 20.6. The zero-order chi connectivity index (χ0) is 21.2. The summed E-state index contributed by atoms with van der Waals surface area (Å²) in [5.41, 5.74) is 4.02. The van der Waals surface area contributed by atoms with E-state index in [9.17, 15) is 14.8 Å². The Bertz CT molecular complexity index is 1150. The van der Waals surface area contributed by atoms with Crippen molar-refractivity contribution in [1.29, 1.82) is 5.26 Å². The molecule has 0 saturated carbocycles. The lowest BCUT2D eigenvalue weighted by Crippen LogP contribution is -2.31. The molecule has 148 valence electrons. The predicted octanol–water partition coefficient (Wildman–Crippen LogP) is 3.42. The summed E-state index contributed by atoms with van der Waals surface area (Å²) in [6, 6.07) is 6.65. The van der Waals surface area contributed by atoms with Crippen LogP contribution in [0, 0.1) is 28.7 Å². The number of pyridine rings is 2. The zero-order valence-electron chi connectivity index (χ0n) is 16.7. The Labute approximate surface area is 169 Å². The first-order chi connectivity index (χ1) is 13.6. The lowest BCUT2D eigenvalue weighted by molar-refractivity contribution is 0.0628. The van der Waals surface area contributed by atoms with E-state index in [-0.39, 0.29) is 6.61 Å². The number of fused-ring (bicyclic) bond motifs is 1. The summed E-state index contributed by atoms with van der Waals surface area (Å²) in [6.07, 6.45) is 4.46. The van der Waals surface area contributed by atoms with Crippen molar-refractivity contribution in [3.05, 3.63) is 48.3 Å². The molecule has 1 unspecified atom stereocenters. The molecule has 0 fully saturated rings. The van der Waals surface area contributed by atoms with Crippen molar-refractivity contribution in [3.8, 4) is 34.4 Å². The lowest BCUT2D eigenvalue weighted by Gasteiger charge is -2.19. The van der Waals surface area contributed by atoms with Gasteiger partial charge in [0.05, 0.1) is 23.5 Å². The van der Waals surface area contributed by atoms with Gasteiger partial charge in [-0.1, -0.05) is 25.6 Å². The highest BCUT2D eigenvalue weighted by Gasteiger charge is 2.21. The Kier molecular flexibility index (Phi) is 5.43. The fourth-order valence-electron chi connectivity index (χ4n) is 2.60. The highest BCUT2D eigenvalue weighted by Crippen LogP contribution is 2.30. The summed E-state index contributed by atoms with van der Waals surface area (Å²) >= 11 is 0. The van der Waals surface area contributed by atoms with Crippen LogP contribution in [0.2, 0.25) is 19.6 Å². The molecule has 0 aromatic carbocycles. The van der Waals surface area contributed by atoms with Gasteiger partial charge in [-0.3, -0.25) is 0 Å². The number of hydrogen-bond acceptors (Lipinski definition) is 5. The Balaban J connectivity index is 1.99. The molecule has 0 amide bonds. The molecule has 0 spiro atoms. The minimum Gasteiger partial charge on any atom is -0.488 e. The quantitative estimate of drug-likeness (QED) is 0.406. The van der Waals surface area contributed by atoms with E-state index < -0.39 is 19.6 Å². The topological polar surface area (TPSA) is 83.4 Å². The number of aromatic nitrogens is 3. The van der Waals surface area contributed by atoms with Crippen LogP contribution in [-0.2, 0) is 0 Å². The van der Waals surface area contributed by atoms with E-state index in [0.717, 1.165) is 0 Å². The van der Waals surface area contributed by atoms with Crippen molar-refractivity contribution in [2.45, 2.75) is 32.2 Å². The molecule has 3 aromatic heterocycles. The fraction of sp³-hybridized carbons (Fsp3) is 0.286. The molecule has 0 saturated heterocycles. The van der Waals surface area contributed by atoms with E-state index >= 15 is 0 Å². The number of hydrogen-bond donors (Lipinski definition) is 1. The largest absolute Gasteiger partial charge is 0.488 e. The van der Waals surface area contributed by atoms with E-state index in [4.69, 9.17) is 4.74 Å². The van der Waals surface area contributed by atoms with Gasteiger partial charge in [0, 0.05) is 17.3 Å². The van der Waals surface area contributed by atoms with E-state index in [1.54, 1.807) is 25.3 Å². The minimum absolute atomic E-state index is 0.0382. The molecular weight excluding hydrogens is 387 g/mol. The third kappa shape index (κ3) is 4.99. The maximum absolute atomic E-state index is 13.2. The molecule has 0 bridgehead atoms. The smallest absolute Gasteiger partial charge is 0.212 e. The number of nitrogens with zero attached hydrogens (tertiary/aromatic N) is 4. The van der Waals surface area contributed by atoms with Gasteiger partial charge >= 0.3 is 0 Å². The van der Waals surface area contributed by atoms with Crippen molar-refractivity contribution >= 4 is 13.6 Å². The first kappa shape index (κ1) is 20.5. The molecule has 3 rings (SSSR count). The molecular formula is C21H21FN4O2Si. The highest BCUT2D eigenvalue weighted by molar-refractivity contribution is 6.83. The number of rotatable bonds is 4. The molecule has 3 heterocycles. The van der Waals surface area contributed by atoms with Gasteiger partial charge in [0.15, 0.2) is 5.60 Å². The normalized spacial score (nSPS) is 13.3. The lowest BCUT2D eigenvalue weighted by atomic mass is 10.1. The van der Waals surface area contributed by atoms with Crippen LogP contribution in [0.4, 0.5) is 4.39 Å². The molecule has 0 radical (unpaired) electrons. The van der Waals surface area contributed by atoms with Gasteiger partial charge in [0.2, 0.25) is 5.95 Å². The Morgan fingerprint density at radius 1 is 1.31 bits per heavy atom. The molecule has 0 aliphatic carbocycles. The summed E-state index contributed by atoms with van der Waals surface area (Å²) in [4.78, 5) is 3.69. The Morgan fingerprint density at radius 3 is 2.69 bits per heavy atom. The molecule has 8 heteroatoms. The Morgan fingerprint density at radius 2 is 2.07 bits per heavy atom. The maximum atomic E-state index is 13.2. The molecule has 0 aliphatic heterocycles. The van der Waals surface area contributed by atoms with E-state index in [1.807, 2.05) is 0 Å². The highest BCUT2D eigenvalue weighted by atomic mass is 28.3. The van der Waals surface area contributed by atoms with Crippen molar-refractivity contribution < 1.29 is 14.2 Å². The first-order valence-corrected chi connectivity index (χ1v) is 12.5. The minimum atomic E-state index is -1.63. The van der Waals surface area contributed by atoms with Crippen molar-refractivity contribution in [2.75, 3.05) is 6.61 Å². The predicted molar refractivity (Wildman–Crippen MR) is 110 cm³/mol. The number of aliphatic hydroxyl groups is 1. The van der Waals surface area contributed by atoms with Crippen molar-refractivity contribution in [1.82, 2.24) is 14.6 Å². The third-order valence-corrected chi connectivity index (χ3v) is 4.85. The van der Waals surface area contributed by atoms with Crippen LogP contribution in [0.25, 0.3) is 16.6 Å². The molecule has 3 aromatic rings. The average molecular weight is 409 g/mol. The van der Waals surface area contributed by atoms with Crippen molar-refractivity contribution in [2.24, 2.45) is 0 Å². The van der Waals surface area contributed by atoms with Crippen LogP contribution in [0.3, 0.4) is 0 Å². The summed E-state index contributed by atoms with van der Waals surface area (Å²) in [7, 11) is -1.63. The summed E-state index contributed by atoms with van der Waals surface area (Å²) in [6.45, 7) is 7.85. The molecule has 1 N–H and O–H groups in total. The van der Waals surface area contributed by atoms with Gasteiger partial charge in [-0.2, -0.15) is 14.8 Å². The van der Waals surface area contributed by atoms with E-state index in [1.165, 1.54) is 23.0 Å². The van der Waals surface area contributed by atoms with Gasteiger partial charge in [-0.15, -0.1) is 5.54 Å². The summed E-state index contributed by atoms with van der Waals surface area (Å²) in [5.74, 6) is 2.73. The standard InChI is InChI=1S/C21H21FN4O2Si/c1-21(27,7-8-29(2,3)4)14-28-17-9-18(15-5-6-19(22)24-11-15)20-16(10-23)12-25-26(20)13-17/h5-6,9,11-13,27H,14H2,1-4H3. The van der Waals surface area contributed by atoms with Gasteiger partial charge in [0.1, 0.15) is 26.5 Å². The van der Waals surface area contributed by atoms with Gasteiger partial charge in [-0.25, -0.2) is 9.50 Å². The van der Waals surface area contributed by atoms with Gasteiger partial charge in [0.25, 0.3) is 0 Å². The van der Waals surface area contributed by atoms with Crippen LogP contribution in [0.15, 0.2) is 36.8 Å². The Hall–Kier alpha value is -3.20. The summed E-state index contributed by atoms with van der Waals surface area (Å²) in [5, 5.41) is 24.1. The second-order valence-corrected chi connectivity index (χ2v) is 12.7. The number of ether oxygens (including phenoxy) is 1. The molecule has 1 atom stereocenters. The second kappa shape index (κ2) is 7.67. The average Bonchev–Trinajstić information content (AvgIpc) is 3.08. The number of nitriles is 1. The van der Waals surface area contributed by atoms with Gasteiger partial charge < -0.3 is 9.84 Å². The van der Waals surface area contributed by atoms with Gasteiger partial charge in [-0.05, 0) is 25.1 Å². The molecule has 6 nitrogen and oxygen atoms in total. The van der Waals surface area contributed by atoms with Crippen LogP contribution in [0.5, 0.6) is 5.75 Å². The first-order valence-electron chi connectivity index (χ1n) is 9.01. The molecule has 0 aliphatic rings. The third-order valence-electron chi connectivity index (χ3n) is 3.97. The van der Waals surface area contributed by atoms with Crippen molar-refractivity contribution in [3.63, 3.8) is 0 Å². The second-order valence-electron chi connectivity index (χ2n) is 7.98. The zero-order valence-corrected chi connectivity index (χ0v) is 17.7. The number of halogens is 1. The molecule has 29 heavy (non-hydrogen) atoms. The van der Waals surface area contributed by atoms with E-state index in [2.05, 4.69) is 47.3 Å². The monoisotopic (exact) mass is 408 g/mol. The fourth-order valence-corrected chi connectivity index (χ4v) is 3.24. The van der Waals surface area contributed by atoms with Crippen LogP contribution in [0.1, 0.15) is 12.5 Å². The maximum Gasteiger partial charge on any atom is 0.212 e. The van der Waals surface area contributed by atoms with Crippen LogP contribution < -0.4 is 4.74 Å². The van der Waals surface area contributed by atoms with Crippen LogP contribution in [-0.4, -0.2) is 40.0 Å². The van der Waals surface area contributed by atoms with Crippen LogP contribution >= 0.6 is 0 Å². The SMILES string of the molecule is CC(O)(C#C[Si](C)(C)C)COc1cc(-c2ccc(F)nc2)c2c(C#N)cnn2c1.